The van der Waals surface area contributed by atoms with Gasteiger partial charge >= 0.3 is 5.97 Å². The molecular formula is C16H32BrO4S2-. The fourth-order valence-electron chi connectivity index (χ4n) is 1.64. The van der Waals surface area contributed by atoms with Crippen LogP contribution < -0.4 is 0 Å². The molecular weight excluding hydrogens is 400 g/mol. The molecule has 7 heteroatoms. The van der Waals surface area contributed by atoms with Crippen LogP contribution in [0.4, 0.5) is 0 Å². The molecule has 4 nitrogen and oxygen atoms in total. The number of hydrogen-bond donors (Lipinski definition) is 0. The molecule has 0 aromatic heterocycles. The van der Waals surface area contributed by atoms with E-state index in [-0.39, 0.29) is 17.5 Å². The molecule has 0 spiro atoms. The monoisotopic (exact) mass is 431 g/mol. The van der Waals surface area contributed by atoms with Crippen LogP contribution in [0.15, 0.2) is 0 Å². The third-order valence-electron chi connectivity index (χ3n) is 3.55. The number of carbonyl (C=O) groups is 1. The SMILES string of the molecule is C#[S-](C)OC(C)(C)S(C)(C)CCCOCCOC(=O)C(C)(C)Br. The molecule has 0 amide bonds. The summed E-state index contributed by atoms with van der Waals surface area (Å²) < 4.78 is 15.9. The van der Waals surface area contributed by atoms with Gasteiger partial charge in [-0.25, -0.2) is 10.0 Å². The minimum absolute atomic E-state index is 0.212. The predicted octanol–water partition coefficient (Wildman–Crippen LogP) is 3.68. The lowest BCUT2D eigenvalue weighted by Gasteiger charge is -2.50. The summed E-state index contributed by atoms with van der Waals surface area (Å²) >= 11 is 3.26. The topological polar surface area (TPSA) is 44.8 Å². The lowest BCUT2D eigenvalue weighted by Crippen LogP contribution is -2.33. The van der Waals surface area contributed by atoms with Gasteiger partial charge in [-0.1, -0.05) is 15.9 Å². The number of rotatable bonds is 10. The number of carbonyl (C=O) groups excluding carboxylic acids is 1. The van der Waals surface area contributed by atoms with Gasteiger partial charge in [0.2, 0.25) is 0 Å². The van der Waals surface area contributed by atoms with Gasteiger partial charge in [-0.15, -0.1) is 6.26 Å². The van der Waals surface area contributed by atoms with Gasteiger partial charge in [-0.2, -0.15) is 0 Å². The van der Waals surface area contributed by atoms with E-state index in [1.807, 2.05) is 6.26 Å². The average Bonchev–Trinajstić information content (AvgIpc) is 2.34. The molecule has 0 aliphatic rings. The standard InChI is InChI=1S/C16H32BrO4S2/c1-15(2,17)14(18)20-12-11-19-10-9-13-23(7,8)16(3,4)21-22(5)6/h5H,9-13H2,1-4,6-8H3/q-1. The minimum Gasteiger partial charge on any atom is -0.472 e. The highest BCUT2D eigenvalue weighted by molar-refractivity contribution is 9.10. The van der Waals surface area contributed by atoms with Crippen molar-refractivity contribution in [2.24, 2.45) is 0 Å². The number of hydrogen-bond acceptors (Lipinski definition) is 5. The van der Waals surface area contributed by atoms with Crippen LogP contribution in [0.3, 0.4) is 0 Å². The van der Waals surface area contributed by atoms with Gasteiger partial charge in [0.1, 0.15) is 10.9 Å². The molecule has 0 saturated heterocycles. The minimum atomic E-state index is -0.947. The van der Waals surface area contributed by atoms with Crippen LogP contribution in [0, 0.1) is 5.69 Å². The second-order valence-corrected chi connectivity index (χ2v) is 14.4. The third-order valence-corrected chi connectivity index (χ3v) is 8.72. The summed E-state index contributed by atoms with van der Waals surface area (Å²) in [6, 6.07) is 0. The largest absolute Gasteiger partial charge is 0.472 e. The Morgan fingerprint density at radius 2 is 1.74 bits per heavy atom. The number of alkyl halides is 1. The summed E-state index contributed by atoms with van der Waals surface area (Å²) in [7, 11) is -1.47. The molecule has 0 aromatic carbocycles. The first-order chi connectivity index (χ1) is 10.3. The molecule has 0 aromatic rings. The van der Waals surface area contributed by atoms with E-state index in [0.29, 0.717) is 13.2 Å². The Labute approximate surface area is 154 Å². The molecule has 0 atom stereocenters. The van der Waals surface area contributed by atoms with E-state index in [1.54, 1.807) is 13.8 Å². The van der Waals surface area contributed by atoms with Crippen molar-refractivity contribution in [3.8, 4) is 5.69 Å². The Kier molecular flexibility index (Phi) is 9.88. The molecule has 0 rings (SSSR count). The number of esters is 1. The average molecular weight is 432 g/mol. The van der Waals surface area contributed by atoms with Crippen molar-refractivity contribution in [2.45, 2.75) is 43.4 Å². The maximum atomic E-state index is 11.5. The van der Waals surface area contributed by atoms with Crippen LogP contribution in [-0.4, -0.2) is 59.6 Å². The third kappa shape index (κ3) is 9.42. The van der Waals surface area contributed by atoms with E-state index in [2.05, 4.69) is 42.3 Å². The first-order valence-corrected chi connectivity index (χ1v) is 12.6. The van der Waals surface area contributed by atoms with Gasteiger partial charge in [0.25, 0.3) is 0 Å². The fourth-order valence-corrected chi connectivity index (χ4v) is 4.78. The summed E-state index contributed by atoms with van der Waals surface area (Å²) in [4.78, 5) is 11.3. The molecule has 0 aliphatic heterocycles. The molecule has 0 heterocycles. The molecule has 0 radical (unpaired) electrons. The molecule has 23 heavy (non-hydrogen) atoms. The van der Waals surface area contributed by atoms with Crippen molar-refractivity contribution in [1.82, 2.24) is 0 Å². The van der Waals surface area contributed by atoms with Crippen LogP contribution in [0.2, 0.25) is 0 Å². The Bertz CT molecular complexity index is 447. The van der Waals surface area contributed by atoms with E-state index in [0.717, 1.165) is 12.2 Å². The Balaban J connectivity index is 3.96. The van der Waals surface area contributed by atoms with Crippen molar-refractivity contribution in [2.75, 3.05) is 44.3 Å². The van der Waals surface area contributed by atoms with Gasteiger partial charge in [0.05, 0.1) is 11.5 Å². The maximum absolute atomic E-state index is 11.5. The summed E-state index contributed by atoms with van der Waals surface area (Å²) in [5, 5.41) is 0. The smallest absolute Gasteiger partial charge is 0.322 e. The van der Waals surface area contributed by atoms with Crippen molar-refractivity contribution in [3.05, 3.63) is 0 Å². The summed E-state index contributed by atoms with van der Waals surface area (Å²) in [5.74, 6) is 0.771. The van der Waals surface area contributed by atoms with Crippen LogP contribution in [0.1, 0.15) is 34.1 Å². The second kappa shape index (κ2) is 9.73. The van der Waals surface area contributed by atoms with E-state index in [9.17, 15) is 4.79 Å². The summed E-state index contributed by atoms with van der Waals surface area (Å²) in [6.07, 6.45) is 7.37. The quantitative estimate of drug-likeness (QED) is 0.229. The highest BCUT2D eigenvalue weighted by Crippen LogP contribution is 2.54. The van der Waals surface area contributed by atoms with Gasteiger partial charge in [-0.3, -0.25) is 10.5 Å². The molecule has 0 N–H and O–H groups in total. The Morgan fingerprint density at radius 3 is 2.22 bits per heavy atom. The van der Waals surface area contributed by atoms with Crippen LogP contribution in [0.5, 0.6) is 0 Å². The number of ether oxygens (including phenoxy) is 2. The van der Waals surface area contributed by atoms with Gasteiger partial charge in [0.15, 0.2) is 0 Å². The highest BCUT2D eigenvalue weighted by Gasteiger charge is 2.30. The summed E-state index contributed by atoms with van der Waals surface area (Å²) in [5.41, 5.74) is 5.79. The molecule has 140 valence electrons. The van der Waals surface area contributed by atoms with E-state index in [1.165, 1.54) is 0 Å². The first kappa shape index (κ1) is 23.4. The summed E-state index contributed by atoms with van der Waals surface area (Å²) in [6.45, 7) is 9.10. The zero-order valence-corrected chi connectivity index (χ0v) is 18.7. The molecule has 0 fully saturated rings. The Hall–Kier alpha value is 0.350. The predicted molar refractivity (Wildman–Crippen MR) is 107 cm³/mol. The number of halogens is 1. The van der Waals surface area contributed by atoms with Crippen LogP contribution in [-0.2, 0) is 29.0 Å². The van der Waals surface area contributed by atoms with Crippen molar-refractivity contribution >= 4 is 42.5 Å². The second-order valence-electron chi connectivity index (χ2n) is 6.80. The van der Waals surface area contributed by atoms with Gasteiger partial charge in [0, 0.05) is 6.61 Å². The normalized spacial score (nSPS) is 14.1. The van der Waals surface area contributed by atoms with E-state index < -0.39 is 24.9 Å². The molecule has 0 aliphatic carbocycles. The fraction of sp³-hybridized carbons (Fsp3) is 0.875. The maximum Gasteiger partial charge on any atom is 0.322 e. The van der Waals surface area contributed by atoms with Crippen molar-refractivity contribution in [3.63, 3.8) is 0 Å². The lowest BCUT2D eigenvalue weighted by molar-refractivity contribution is -0.146. The van der Waals surface area contributed by atoms with Crippen molar-refractivity contribution in [1.29, 1.82) is 0 Å². The Morgan fingerprint density at radius 1 is 1.17 bits per heavy atom. The van der Waals surface area contributed by atoms with Crippen LogP contribution >= 0.6 is 26.0 Å². The molecule has 0 unspecified atom stereocenters. The van der Waals surface area contributed by atoms with Gasteiger partial charge < -0.3 is 24.2 Å². The molecule has 0 saturated carbocycles. The van der Waals surface area contributed by atoms with E-state index in [4.69, 9.17) is 19.3 Å². The van der Waals surface area contributed by atoms with E-state index >= 15 is 0 Å². The van der Waals surface area contributed by atoms with Gasteiger partial charge in [-0.05, 0) is 52.4 Å². The highest BCUT2D eigenvalue weighted by atomic mass is 79.9. The lowest BCUT2D eigenvalue weighted by atomic mass is 10.2. The molecule has 0 bridgehead atoms. The zero-order valence-electron chi connectivity index (χ0n) is 15.4. The first-order valence-electron chi connectivity index (χ1n) is 7.54. The van der Waals surface area contributed by atoms with Crippen LogP contribution in [0.25, 0.3) is 0 Å². The van der Waals surface area contributed by atoms with Crippen molar-refractivity contribution < 1.29 is 18.5 Å². The zero-order chi connectivity index (χ0) is 18.3.